The van der Waals surface area contributed by atoms with E-state index in [0.717, 1.165) is 0 Å². The summed E-state index contributed by atoms with van der Waals surface area (Å²) in [4.78, 5) is 10.9. The van der Waals surface area contributed by atoms with Crippen LogP contribution in [0.2, 0.25) is 0 Å². The number of esters is 1. The van der Waals surface area contributed by atoms with Gasteiger partial charge in [-0.2, -0.15) is 0 Å². The van der Waals surface area contributed by atoms with E-state index in [0.29, 0.717) is 12.0 Å². The van der Waals surface area contributed by atoms with E-state index in [-0.39, 0.29) is 12.1 Å². The van der Waals surface area contributed by atoms with E-state index in [1.165, 1.54) is 0 Å². The van der Waals surface area contributed by atoms with E-state index in [1.807, 2.05) is 0 Å². The molecule has 3 heteroatoms. The molecule has 0 radical (unpaired) electrons. The van der Waals surface area contributed by atoms with Crippen molar-refractivity contribution in [3.05, 3.63) is 11.6 Å². The lowest BCUT2D eigenvalue weighted by atomic mass is 10.0. The van der Waals surface area contributed by atoms with Crippen molar-refractivity contribution in [2.75, 3.05) is 0 Å². The average molecular weight is 170 g/mol. The Kier molecular flexibility index (Phi) is 2.24. The summed E-state index contributed by atoms with van der Waals surface area (Å²) in [5, 5.41) is 9.43. The number of aliphatic hydroxyl groups is 1. The molecule has 0 saturated heterocycles. The first kappa shape index (κ1) is 9.26. The van der Waals surface area contributed by atoms with Crippen LogP contribution in [0.1, 0.15) is 27.2 Å². The quantitative estimate of drug-likeness (QED) is 0.629. The Morgan fingerprint density at radius 1 is 1.67 bits per heavy atom. The second-order valence-corrected chi connectivity index (χ2v) is 3.81. The molecule has 1 rings (SSSR count). The second kappa shape index (κ2) is 2.90. The summed E-state index contributed by atoms with van der Waals surface area (Å²) < 4.78 is 4.96. The first-order valence-electron chi connectivity index (χ1n) is 4.00. The van der Waals surface area contributed by atoms with Gasteiger partial charge in [-0.25, -0.2) is 4.79 Å². The predicted octanol–water partition coefficient (Wildman–Crippen LogP) is 1.02. The Morgan fingerprint density at radius 2 is 2.25 bits per heavy atom. The minimum Gasteiger partial charge on any atom is -0.455 e. The predicted molar refractivity (Wildman–Crippen MR) is 44.6 cm³/mol. The van der Waals surface area contributed by atoms with Crippen molar-refractivity contribution >= 4 is 5.97 Å². The van der Waals surface area contributed by atoms with Crippen molar-refractivity contribution in [1.82, 2.24) is 0 Å². The maximum atomic E-state index is 10.9. The van der Waals surface area contributed by atoms with Gasteiger partial charge in [0, 0.05) is 12.0 Å². The average Bonchev–Trinajstić information content (AvgIpc) is 2.07. The maximum absolute atomic E-state index is 10.9. The zero-order valence-electron chi connectivity index (χ0n) is 7.63. The molecule has 0 saturated carbocycles. The standard InChI is InChI=1S/C9H14O3/c1-6-4-7(12-8(6)10)5-9(2,3)11/h4,7,11H,5H2,1-3H3. The summed E-state index contributed by atoms with van der Waals surface area (Å²) in [6.45, 7) is 5.11. The monoisotopic (exact) mass is 170 g/mol. The van der Waals surface area contributed by atoms with Crippen LogP contribution in [0.3, 0.4) is 0 Å². The molecule has 0 amide bonds. The van der Waals surface area contributed by atoms with E-state index in [9.17, 15) is 9.90 Å². The summed E-state index contributed by atoms with van der Waals surface area (Å²) in [7, 11) is 0. The fourth-order valence-corrected chi connectivity index (χ4v) is 1.20. The molecule has 0 bridgehead atoms. The van der Waals surface area contributed by atoms with Crippen LogP contribution in [0.5, 0.6) is 0 Å². The number of ether oxygens (including phenoxy) is 1. The molecule has 0 aromatic heterocycles. The summed E-state index contributed by atoms with van der Waals surface area (Å²) >= 11 is 0. The Bertz CT molecular complexity index is 222. The van der Waals surface area contributed by atoms with Crippen LogP contribution in [0.15, 0.2) is 11.6 Å². The lowest BCUT2D eigenvalue weighted by Crippen LogP contribution is -2.25. The molecule has 0 fully saturated rings. The van der Waals surface area contributed by atoms with Crippen molar-refractivity contribution in [2.24, 2.45) is 0 Å². The molecule has 0 aliphatic carbocycles. The number of carbonyl (C=O) groups excluding carboxylic acids is 1. The van der Waals surface area contributed by atoms with Crippen LogP contribution in [-0.4, -0.2) is 22.8 Å². The van der Waals surface area contributed by atoms with Crippen LogP contribution < -0.4 is 0 Å². The molecular weight excluding hydrogens is 156 g/mol. The van der Waals surface area contributed by atoms with Gasteiger partial charge in [-0.3, -0.25) is 0 Å². The third kappa shape index (κ3) is 2.34. The highest BCUT2D eigenvalue weighted by Crippen LogP contribution is 2.21. The van der Waals surface area contributed by atoms with Gasteiger partial charge in [0.25, 0.3) is 0 Å². The molecule has 68 valence electrons. The lowest BCUT2D eigenvalue weighted by molar-refractivity contribution is -0.141. The molecule has 1 aliphatic rings. The minimum atomic E-state index is -0.786. The molecule has 12 heavy (non-hydrogen) atoms. The van der Waals surface area contributed by atoms with E-state index in [4.69, 9.17) is 4.74 Å². The van der Waals surface area contributed by atoms with Crippen molar-refractivity contribution in [3.63, 3.8) is 0 Å². The zero-order chi connectivity index (χ0) is 9.35. The minimum absolute atomic E-state index is 0.252. The van der Waals surface area contributed by atoms with E-state index < -0.39 is 5.60 Å². The molecule has 1 aliphatic heterocycles. The van der Waals surface area contributed by atoms with Crippen LogP contribution in [0.25, 0.3) is 0 Å². The first-order valence-corrected chi connectivity index (χ1v) is 4.00. The van der Waals surface area contributed by atoms with Crippen molar-refractivity contribution in [3.8, 4) is 0 Å². The number of carbonyl (C=O) groups is 1. The highest BCUT2D eigenvalue weighted by molar-refractivity contribution is 5.90. The zero-order valence-corrected chi connectivity index (χ0v) is 7.63. The smallest absolute Gasteiger partial charge is 0.334 e. The van der Waals surface area contributed by atoms with Crippen LogP contribution in [0.4, 0.5) is 0 Å². The number of hydrogen-bond acceptors (Lipinski definition) is 3. The van der Waals surface area contributed by atoms with Crippen molar-refractivity contribution in [1.29, 1.82) is 0 Å². The maximum Gasteiger partial charge on any atom is 0.334 e. The van der Waals surface area contributed by atoms with Gasteiger partial charge in [-0.1, -0.05) is 0 Å². The van der Waals surface area contributed by atoms with Gasteiger partial charge in [0.05, 0.1) is 5.60 Å². The summed E-state index contributed by atoms with van der Waals surface area (Å²) in [5.74, 6) is -0.274. The number of cyclic esters (lactones) is 1. The van der Waals surface area contributed by atoms with Crippen LogP contribution in [-0.2, 0) is 9.53 Å². The normalized spacial score (nSPS) is 23.8. The lowest BCUT2D eigenvalue weighted by Gasteiger charge is -2.19. The van der Waals surface area contributed by atoms with Gasteiger partial charge in [0.1, 0.15) is 6.10 Å². The summed E-state index contributed by atoms with van der Waals surface area (Å²) in [5.41, 5.74) is -0.157. The molecular formula is C9H14O3. The van der Waals surface area contributed by atoms with Gasteiger partial charge < -0.3 is 9.84 Å². The summed E-state index contributed by atoms with van der Waals surface area (Å²) in [6.07, 6.45) is 1.95. The third-order valence-electron chi connectivity index (χ3n) is 1.72. The van der Waals surface area contributed by atoms with Gasteiger partial charge in [0.15, 0.2) is 0 Å². The first-order chi connectivity index (χ1) is 5.38. The molecule has 0 aromatic rings. The van der Waals surface area contributed by atoms with Crippen LogP contribution in [0, 0.1) is 0 Å². The Morgan fingerprint density at radius 3 is 2.58 bits per heavy atom. The highest BCUT2D eigenvalue weighted by atomic mass is 16.5. The van der Waals surface area contributed by atoms with Crippen molar-refractivity contribution in [2.45, 2.75) is 38.9 Å². The summed E-state index contributed by atoms with van der Waals surface area (Å²) in [6, 6.07) is 0. The molecule has 1 atom stereocenters. The topological polar surface area (TPSA) is 46.5 Å². The second-order valence-electron chi connectivity index (χ2n) is 3.81. The van der Waals surface area contributed by atoms with E-state index in [2.05, 4.69) is 0 Å². The SMILES string of the molecule is CC1=CC(CC(C)(C)O)OC1=O. The van der Waals surface area contributed by atoms with Crippen LogP contribution >= 0.6 is 0 Å². The molecule has 0 spiro atoms. The Hall–Kier alpha value is -0.830. The molecule has 3 nitrogen and oxygen atoms in total. The largest absolute Gasteiger partial charge is 0.455 e. The fourth-order valence-electron chi connectivity index (χ4n) is 1.20. The molecule has 0 aromatic carbocycles. The van der Waals surface area contributed by atoms with E-state index >= 15 is 0 Å². The van der Waals surface area contributed by atoms with Gasteiger partial charge >= 0.3 is 5.97 Å². The Labute approximate surface area is 72.0 Å². The Balaban J connectivity index is 2.54. The van der Waals surface area contributed by atoms with Gasteiger partial charge in [-0.05, 0) is 26.8 Å². The third-order valence-corrected chi connectivity index (χ3v) is 1.72. The van der Waals surface area contributed by atoms with Gasteiger partial charge in [0.2, 0.25) is 0 Å². The van der Waals surface area contributed by atoms with E-state index in [1.54, 1.807) is 26.8 Å². The van der Waals surface area contributed by atoms with Gasteiger partial charge in [-0.15, -0.1) is 0 Å². The van der Waals surface area contributed by atoms with Crippen molar-refractivity contribution < 1.29 is 14.6 Å². The molecule has 1 N–H and O–H groups in total. The fraction of sp³-hybridized carbons (Fsp3) is 0.667. The molecule has 1 heterocycles. The number of rotatable bonds is 2. The highest BCUT2D eigenvalue weighted by Gasteiger charge is 2.27. The molecule has 1 unspecified atom stereocenters. The number of hydrogen-bond donors (Lipinski definition) is 1.